The van der Waals surface area contributed by atoms with E-state index in [2.05, 4.69) is 94.8 Å². The van der Waals surface area contributed by atoms with Gasteiger partial charge in [-0.2, -0.15) is 0 Å². The summed E-state index contributed by atoms with van der Waals surface area (Å²) in [4.78, 5) is 0. The fourth-order valence-electron chi connectivity index (χ4n) is 4.83. The van der Waals surface area contributed by atoms with Crippen LogP contribution in [0.5, 0.6) is 11.5 Å². The lowest BCUT2D eigenvalue weighted by Crippen LogP contribution is -2.32. The Bertz CT molecular complexity index is 1180. The highest BCUT2D eigenvalue weighted by Gasteiger charge is 2.50. The zero-order valence-electron chi connectivity index (χ0n) is 14.4. The van der Waals surface area contributed by atoms with Crippen LogP contribution in [0, 0.1) is 0 Å². The Morgan fingerprint density at radius 1 is 0.556 bits per heavy atom. The first-order valence-corrected chi connectivity index (χ1v) is 9.86. The van der Waals surface area contributed by atoms with Crippen molar-refractivity contribution in [2.45, 2.75) is 5.41 Å². The summed E-state index contributed by atoms with van der Waals surface area (Å²) in [6, 6.07) is 32.3. The van der Waals surface area contributed by atoms with Gasteiger partial charge >= 0.3 is 0 Å². The van der Waals surface area contributed by atoms with Gasteiger partial charge in [0, 0.05) is 15.6 Å². The van der Waals surface area contributed by atoms with E-state index in [1.54, 1.807) is 0 Å². The highest BCUT2D eigenvalue weighted by molar-refractivity contribution is 9.10. The van der Waals surface area contributed by atoms with Crippen LogP contribution in [-0.2, 0) is 5.41 Å². The van der Waals surface area contributed by atoms with E-state index in [0.29, 0.717) is 0 Å². The molecule has 0 unspecified atom stereocenters. The molecule has 27 heavy (non-hydrogen) atoms. The number of rotatable bonds is 0. The first-order valence-electron chi connectivity index (χ1n) is 9.07. The smallest absolute Gasteiger partial charge is 0.132 e. The molecule has 0 saturated heterocycles. The van der Waals surface area contributed by atoms with E-state index in [0.717, 1.165) is 16.0 Å². The molecule has 1 spiro atoms. The van der Waals surface area contributed by atoms with E-state index in [1.807, 2.05) is 12.1 Å². The van der Waals surface area contributed by atoms with Crippen molar-refractivity contribution in [1.82, 2.24) is 0 Å². The van der Waals surface area contributed by atoms with Gasteiger partial charge in [0.25, 0.3) is 0 Å². The average molecular weight is 411 g/mol. The second kappa shape index (κ2) is 5.34. The quantitative estimate of drug-likeness (QED) is 0.264. The van der Waals surface area contributed by atoms with Crippen LogP contribution in [0.2, 0.25) is 0 Å². The third-order valence-corrected chi connectivity index (χ3v) is 6.30. The van der Waals surface area contributed by atoms with Gasteiger partial charge in [-0.1, -0.05) is 82.7 Å². The fraction of sp³-hybridized carbons (Fsp3) is 0.0400. The molecule has 0 N–H and O–H groups in total. The maximum Gasteiger partial charge on any atom is 0.132 e. The molecule has 1 nitrogen and oxygen atoms in total. The van der Waals surface area contributed by atoms with Crippen LogP contribution in [0.3, 0.4) is 0 Å². The van der Waals surface area contributed by atoms with Crippen molar-refractivity contribution in [3.8, 4) is 22.6 Å². The fourth-order valence-corrected chi connectivity index (χ4v) is 5.19. The number of benzene rings is 4. The van der Waals surface area contributed by atoms with Crippen molar-refractivity contribution in [1.29, 1.82) is 0 Å². The van der Waals surface area contributed by atoms with Crippen LogP contribution in [0.4, 0.5) is 0 Å². The molecule has 0 radical (unpaired) electrons. The lowest BCUT2D eigenvalue weighted by atomic mass is 9.66. The van der Waals surface area contributed by atoms with E-state index in [1.165, 1.54) is 33.4 Å². The number of ether oxygens (including phenoxy) is 1. The number of halogens is 1. The second-order valence-electron chi connectivity index (χ2n) is 7.08. The maximum atomic E-state index is 6.31. The molecule has 4 aromatic rings. The first-order chi connectivity index (χ1) is 13.3. The molecule has 128 valence electrons. The van der Waals surface area contributed by atoms with Crippen molar-refractivity contribution in [2.24, 2.45) is 0 Å². The molecular formula is C25H15BrO. The molecule has 1 aliphatic heterocycles. The predicted octanol–water partition coefficient (Wildman–Crippen LogP) is 6.92. The Balaban J connectivity index is 1.86. The van der Waals surface area contributed by atoms with Crippen molar-refractivity contribution in [3.63, 3.8) is 0 Å². The molecule has 0 fully saturated rings. The molecule has 0 amide bonds. The summed E-state index contributed by atoms with van der Waals surface area (Å²) < 4.78 is 7.41. The Labute approximate surface area is 166 Å². The average Bonchev–Trinajstić information content (AvgIpc) is 2.99. The minimum atomic E-state index is -0.349. The molecular weight excluding hydrogens is 396 g/mol. The topological polar surface area (TPSA) is 9.23 Å². The molecule has 6 rings (SSSR count). The Kier molecular flexibility index (Phi) is 3.01. The number of hydrogen-bond donors (Lipinski definition) is 0. The van der Waals surface area contributed by atoms with E-state index in [9.17, 15) is 0 Å². The number of para-hydroxylation sites is 2. The highest BCUT2D eigenvalue weighted by atomic mass is 79.9. The molecule has 0 atom stereocenters. The Morgan fingerprint density at radius 2 is 1.11 bits per heavy atom. The molecule has 0 saturated carbocycles. The Morgan fingerprint density at radius 3 is 1.81 bits per heavy atom. The van der Waals surface area contributed by atoms with Crippen molar-refractivity contribution >= 4 is 15.9 Å². The summed E-state index contributed by atoms with van der Waals surface area (Å²) in [5, 5.41) is 0. The van der Waals surface area contributed by atoms with Crippen LogP contribution in [-0.4, -0.2) is 0 Å². The van der Waals surface area contributed by atoms with Crippen LogP contribution in [0.1, 0.15) is 22.3 Å². The minimum Gasteiger partial charge on any atom is -0.457 e. The zero-order chi connectivity index (χ0) is 18.0. The number of fused-ring (bicyclic) bond motifs is 9. The summed E-state index contributed by atoms with van der Waals surface area (Å²) in [5.74, 6) is 1.86. The molecule has 1 aliphatic carbocycles. The van der Waals surface area contributed by atoms with Gasteiger partial charge in [0.15, 0.2) is 0 Å². The molecule has 0 bridgehead atoms. The SMILES string of the molecule is Brc1ccc2c(c1)-c1ccccc1C21c2ccccc2Oc2ccccc21. The van der Waals surface area contributed by atoms with Gasteiger partial charge in [-0.15, -0.1) is 0 Å². The third kappa shape index (κ3) is 1.84. The maximum absolute atomic E-state index is 6.31. The van der Waals surface area contributed by atoms with Gasteiger partial charge in [-0.3, -0.25) is 0 Å². The van der Waals surface area contributed by atoms with E-state index in [4.69, 9.17) is 4.74 Å². The van der Waals surface area contributed by atoms with Crippen molar-refractivity contribution < 1.29 is 4.74 Å². The van der Waals surface area contributed by atoms with Gasteiger partial charge in [0.05, 0.1) is 5.41 Å². The van der Waals surface area contributed by atoms with Gasteiger partial charge in [-0.25, -0.2) is 0 Å². The summed E-state index contributed by atoms with van der Waals surface area (Å²) in [7, 11) is 0. The van der Waals surface area contributed by atoms with Crippen molar-refractivity contribution in [2.75, 3.05) is 0 Å². The zero-order valence-corrected chi connectivity index (χ0v) is 16.0. The summed E-state index contributed by atoms with van der Waals surface area (Å²) >= 11 is 3.67. The first kappa shape index (κ1) is 15.2. The molecule has 2 heteroatoms. The minimum absolute atomic E-state index is 0.349. The molecule has 4 aromatic carbocycles. The van der Waals surface area contributed by atoms with Gasteiger partial charge in [0.1, 0.15) is 11.5 Å². The van der Waals surface area contributed by atoms with Gasteiger partial charge < -0.3 is 4.74 Å². The standard InChI is InChI=1S/C25H15BrO/c26-16-13-14-20-18(15-16)17-7-1-2-8-19(17)25(20)21-9-3-5-11-23(21)27-24-12-6-4-10-22(24)25/h1-15H. The predicted molar refractivity (Wildman–Crippen MR) is 112 cm³/mol. The Hall–Kier alpha value is -2.84. The summed E-state index contributed by atoms with van der Waals surface area (Å²) in [5.41, 5.74) is 7.27. The van der Waals surface area contributed by atoms with E-state index in [-0.39, 0.29) is 5.41 Å². The number of hydrogen-bond acceptors (Lipinski definition) is 1. The lowest BCUT2D eigenvalue weighted by molar-refractivity contribution is 0.436. The largest absolute Gasteiger partial charge is 0.457 e. The van der Waals surface area contributed by atoms with E-state index >= 15 is 0 Å². The second-order valence-corrected chi connectivity index (χ2v) is 8.00. The lowest BCUT2D eigenvalue weighted by Gasteiger charge is -2.39. The van der Waals surface area contributed by atoms with Crippen LogP contribution in [0.15, 0.2) is 95.5 Å². The van der Waals surface area contributed by atoms with Gasteiger partial charge in [0.2, 0.25) is 0 Å². The van der Waals surface area contributed by atoms with Crippen LogP contribution in [0.25, 0.3) is 11.1 Å². The molecule has 0 aromatic heterocycles. The summed E-state index contributed by atoms with van der Waals surface area (Å²) in [6.07, 6.45) is 0. The monoisotopic (exact) mass is 410 g/mol. The van der Waals surface area contributed by atoms with Crippen molar-refractivity contribution in [3.05, 3.63) is 118 Å². The van der Waals surface area contributed by atoms with Crippen LogP contribution < -0.4 is 4.74 Å². The highest BCUT2D eigenvalue weighted by Crippen LogP contribution is 2.61. The molecule has 1 heterocycles. The van der Waals surface area contributed by atoms with Gasteiger partial charge in [-0.05, 0) is 46.5 Å². The molecule has 2 aliphatic rings. The summed E-state index contributed by atoms with van der Waals surface area (Å²) in [6.45, 7) is 0. The van der Waals surface area contributed by atoms with Crippen LogP contribution >= 0.6 is 15.9 Å². The third-order valence-electron chi connectivity index (χ3n) is 5.81. The van der Waals surface area contributed by atoms with E-state index < -0.39 is 0 Å². The normalized spacial score (nSPS) is 14.7.